The highest BCUT2D eigenvalue weighted by Crippen LogP contribution is 2.36. The summed E-state index contributed by atoms with van der Waals surface area (Å²) in [5, 5.41) is 8.84. The largest absolute Gasteiger partial charge is 0.511 e. The van der Waals surface area contributed by atoms with E-state index in [0.717, 1.165) is 34.4 Å². The van der Waals surface area contributed by atoms with Crippen molar-refractivity contribution in [3.63, 3.8) is 0 Å². The highest BCUT2D eigenvalue weighted by molar-refractivity contribution is 6.74. The second-order valence-corrected chi connectivity index (χ2v) is 17.6. The number of benzene rings is 3. The Labute approximate surface area is 279 Å². The number of hydrogen-bond donors (Lipinski definition) is 2. The summed E-state index contributed by atoms with van der Waals surface area (Å²) in [6, 6.07) is 19.6. The van der Waals surface area contributed by atoms with Gasteiger partial charge >= 0.3 is 19.1 Å². The number of ether oxygens (including phenoxy) is 3. The summed E-state index contributed by atoms with van der Waals surface area (Å²) >= 11 is 0. The van der Waals surface area contributed by atoms with Crippen LogP contribution in [0.5, 0.6) is 11.5 Å². The van der Waals surface area contributed by atoms with Crippen LogP contribution >= 0.6 is 0 Å². The van der Waals surface area contributed by atoms with Crippen molar-refractivity contribution in [3.8, 4) is 22.6 Å². The monoisotopic (exact) mass is 665 g/mol. The third-order valence-corrected chi connectivity index (χ3v) is 12.6. The molecule has 0 radical (unpaired) electrons. The molecule has 3 aromatic rings. The first-order valence-electron chi connectivity index (χ1n) is 15.7. The Kier molecular flexibility index (Phi) is 14.0. The van der Waals surface area contributed by atoms with Crippen LogP contribution in [-0.4, -0.2) is 66.0 Å². The van der Waals surface area contributed by atoms with E-state index in [9.17, 15) is 9.59 Å². The van der Waals surface area contributed by atoms with E-state index in [2.05, 4.69) is 82.2 Å². The van der Waals surface area contributed by atoms with Crippen molar-refractivity contribution in [1.82, 2.24) is 5.48 Å². The van der Waals surface area contributed by atoms with Crippen molar-refractivity contribution < 1.29 is 42.7 Å². The van der Waals surface area contributed by atoms with Gasteiger partial charge in [0.2, 0.25) is 0 Å². The van der Waals surface area contributed by atoms with E-state index < -0.39 is 40.6 Å². The Balaban J connectivity index is 1.56. The van der Waals surface area contributed by atoms with E-state index in [0.29, 0.717) is 31.0 Å². The van der Waals surface area contributed by atoms with E-state index >= 15 is 0 Å². The maximum atomic E-state index is 11.7. The van der Waals surface area contributed by atoms with Gasteiger partial charge in [-0.1, -0.05) is 51.1 Å². The highest BCUT2D eigenvalue weighted by Gasteiger charge is 2.36. The van der Waals surface area contributed by atoms with E-state index in [1.807, 2.05) is 12.1 Å². The molecule has 0 aliphatic rings. The summed E-state index contributed by atoms with van der Waals surface area (Å²) in [5.74, 6) is -0.549. The van der Waals surface area contributed by atoms with Crippen LogP contribution in [0.25, 0.3) is 11.1 Å². The number of esters is 1. The molecule has 3 rings (SSSR count). The van der Waals surface area contributed by atoms with Crippen LogP contribution in [0.1, 0.15) is 43.9 Å². The Morgan fingerprint density at radius 3 is 2.19 bits per heavy atom. The second-order valence-electron chi connectivity index (χ2n) is 12.8. The fraction of sp³-hybridized carbons (Fsp3) is 0.429. The molecule has 12 heteroatoms. The molecule has 0 aromatic heterocycles. The molecule has 0 aliphatic heterocycles. The van der Waals surface area contributed by atoms with Crippen LogP contribution < -0.4 is 20.4 Å². The summed E-state index contributed by atoms with van der Waals surface area (Å²) in [6.07, 6.45) is 0.849. The molecule has 0 spiro atoms. The fourth-order valence-corrected chi connectivity index (χ4v) is 5.68. The van der Waals surface area contributed by atoms with Gasteiger partial charge in [-0.25, -0.2) is 15.1 Å². The molecule has 3 aromatic carbocycles. The van der Waals surface area contributed by atoms with Gasteiger partial charge in [-0.15, -0.1) is 0 Å². The Morgan fingerprint density at radius 1 is 0.894 bits per heavy atom. The van der Waals surface area contributed by atoms with Crippen LogP contribution in [0.15, 0.2) is 60.7 Å². The lowest BCUT2D eigenvalue weighted by Crippen LogP contribution is -2.41. The smallest absolute Gasteiger partial charge is 0.493 e. The van der Waals surface area contributed by atoms with Gasteiger partial charge in [-0.2, -0.15) is 0 Å². The second kappa shape index (κ2) is 17.5. The molecule has 0 atom stereocenters. The van der Waals surface area contributed by atoms with Crippen molar-refractivity contribution in [2.24, 2.45) is 0 Å². The zero-order valence-corrected chi connectivity index (χ0v) is 29.8. The predicted octanol–water partition coefficient (Wildman–Crippen LogP) is 5.83. The summed E-state index contributed by atoms with van der Waals surface area (Å²) in [7, 11) is -1.11. The van der Waals surface area contributed by atoms with E-state index in [-0.39, 0.29) is 5.04 Å². The quantitative estimate of drug-likeness (QED) is 0.0743. The van der Waals surface area contributed by atoms with Gasteiger partial charge in [-0.3, -0.25) is 0 Å². The topological polar surface area (TPSA) is 122 Å². The average Bonchev–Trinajstić information content (AvgIpc) is 3.00. The number of hydroxylamine groups is 1. The maximum Gasteiger partial charge on any atom is 0.511 e. The first-order valence-corrected chi connectivity index (χ1v) is 18.6. The van der Waals surface area contributed by atoms with Gasteiger partial charge in [0.05, 0.1) is 6.61 Å². The predicted molar refractivity (Wildman–Crippen MR) is 185 cm³/mol. The van der Waals surface area contributed by atoms with E-state index in [4.69, 9.17) is 28.4 Å². The van der Waals surface area contributed by atoms with Crippen molar-refractivity contribution >= 4 is 32.8 Å². The number of carbonyl (C=O) groups is 2. The van der Waals surface area contributed by atoms with Gasteiger partial charge in [0, 0.05) is 20.1 Å². The molecule has 47 heavy (non-hydrogen) atoms. The third kappa shape index (κ3) is 11.8. The van der Waals surface area contributed by atoms with Crippen LogP contribution in [0.2, 0.25) is 18.1 Å². The molecule has 0 fully saturated rings. The van der Waals surface area contributed by atoms with Crippen molar-refractivity contribution in [2.75, 3.05) is 33.5 Å². The molecule has 2 N–H and O–H groups in total. The van der Waals surface area contributed by atoms with Gasteiger partial charge in [0.15, 0.2) is 14.9 Å². The number of aliphatic carboxylic acids is 1. The minimum Gasteiger partial charge on any atom is -0.493 e. The Hall–Kier alpha value is -3.68. The first kappa shape index (κ1) is 37.8. The minimum absolute atomic E-state index is 0.198. The summed E-state index contributed by atoms with van der Waals surface area (Å²) in [5.41, 5.74) is 8.75. The Morgan fingerprint density at radius 2 is 1.57 bits per heavy atom. The third-order valence-electron chi connectivity index (χ3n) is 8.04. The molecule has 10 nitrogen and oxygen atoms in total. The molecule has 0 heterocycles. The van der Waals surface area contributed by atoms with Crippen LogP contribution in [-0.2, 0) is 34.8 Å². The molecule has 0 amide bonds. The summed E-state index contributed by atoms with van der Waals surface area (Å²) in [4.78, 5) is 22.3. The van der Waals surface area contributed by atoms with Gasteiger partial charge < -0.3 is 33.2 Å². The van der Waals surface area contributed by atoms with Gasteiger partial charge in [-0.05, 0) is 95.6 Å². The fourth-order valence-electron chi connectivity index (χ4n) is 4.59. The SMILES string of the molecule is CNOB(OCC(=O)OCC(=O)O)c1ccc(OCc2cccc(-c3c(C)cc(OCCCO[Si](C)(C)C(C)(C)C)cc3C)c2)cc1. The normalized spacial score (nSPS) is 11.7. The number of carbonyl (C=O) groups excluding carboxylic acids is 1. The van der Waals surface area contributed by atoms with Gasteiger partial charge in [0.25, 0.3) is 0 Å². The highest BCUT2D eigenvalue weighted by atomic mass is 28.4. The number of carboxylic acid groups (broad SMARTS) is 1. The molecule has 0 bridgehead atoms. The van der Waals surface area contributed by atoms with Crippen LogP contribution in [0.4, 0.5) is 0 Å². The zero-order valence-electron chi connectivity index (χ0n) is 28.8. The Bertz CT molecular complexity index is 1450. The molecule has 0 aliphatic carbocycles. The van der Waals surface area contributed by atoms with Crippen molar-refractivity contribution in [3.05, 3.63) is 77.4 Å². The van der Waals surface area contributed by atoms with Gasteiger partial charge in [0.1, 0.15) is 24.7 Å². The van der Waals surface area contributed by atoms with Crippen molar-refractivity contribution in [1.29, 1.82) is 0 Å². The lowest BCUT2D eigenvalue weighted by atomic mass is 9.79. The van der Waals surface area contributed by atoms with E-state index in [1.165, 1.54) is 5.56 Å². The lowest BCUT2D eigenvalue weighted by molar-refractivity contribution is -0.156. The number of nitrogens with one attached hydrogen (secondary N) is 1. The summed E-state index contributed by atoms with van der Waals surface area (Å²) in [6.45, 7) is 16.0. The molecule has 0 saturated carbocycles. The minimum atomic E-state index is -1.75. The lowest BCUT2D eigenvalue weighted by Gasteiger charge is -2.36. The molecular weight excluding hydrogens is 617 g/mol. The standard InChI is InChI=1S/C35H48BNO9Si/c1-25-19-31(41-17-10-18-45-47(7,8)35(3,4)5)20-26(2)34(25)28-12-9-11-27(21-28)22-42-30-15-13-29(14-16-30)36(46-37-6)44-24-33(40)43-23-32(38)39/h9,11-16,19-21,37H,10,17-18,22-24H2,1-8H3,(H,38,39). The van der Waals surface area contributed by atoms with Crippen molar-refractivity contribution in [2.45, 2.75) is 65.8 Å². The zero-order chi connectivity index (χ0) is 34.6. The summed E-state index contributed by atoms with van der Waals surface area (Å²) < 4.78 is 33.8. The molecular formula is C35H48BNO9Si. The first-order chi connectivity index (χ1) is 22.2. The number of carboxylic acids is 1. The van der Waals surface area contributed by atoms with Crippen LogP contribution in [0, 0.1) is 13.8 Å². The number of hydrogen-bond acceptors (Lipinski definition) is 9. The molecule has 0 saturated heterocycles. The molecule has 0 unspecified atom stereocenters. The average molecular weight is 666 g/mol. The molecule has 254 valence electrons. The van der Waals surface area contributed by atoms with E-state index in [1.54, 1.807) is 31.3 Å². The maximum absolute atomic E-state index is 11.7. The van der Waals surface area contributed by atoms with Crippen LogP contribution in [0.3, 0.4) is 0 Å². The number of rotatable bonds is 18. The number of aryl methyl sites for hydroxylation is 2.